The second kappa shape index (κ2) is 7.69. The van der Waals surface area contributed by atoms with Gasteiger partial charge in [-0.2, -0.15) is 0 Å². The summed E-state index contributed by atoms with van der Waals surface area (Å²) < 4.78 is 0. The van der Waals surface area contributed by atoms with Crippen LogP contribution >= 0.6 is 0 Å². The van der Waals surface area contributed by atoms with Crippen molar-refractivity contribution in [3.8, 4) is 0 Å². The molecule has 0 bridgehead atoms. The minimum Gasteiger partial charge on any atom is -0.387 e. The predicted octanol–water partition coefficient (Wildman–Crippen LogP) is 3.22. The van der Waals surface area contributed by atoms with E-state index in [1.807, 2.05) is 30.3 Å². The zero-order valence-electron chi connectivity index (χ0n) is 14.7. The van der Waals surface area contributed by atoms with Crippen LogP contribution in [-0.4, -0.2) is 35.7 Å². The average Bonchev–Trinajstić information content (AvgIpc) is 3.22. The van der Waals surface area contributed by atoms with E-state index in [9.17, 15) is 5.11 Å². The number of nitrogens with one attached hydrogen (secondary N) is 1. The van der Waals surface area contributed by atoms with E-state index in [1.165, 1.54) is 31.5 Å². The topological polar surface area (TPSA) is 35.5 Å². The molecule has 2 fully saturated rings. The van der Waals surface area contributed by atoms with Gasteiger partial charge in [0.15, 0.2) is 0 Å². The molecule has 132 valence electrons. The third-order valence-electron chi connectivity index (χ3n) is 5.94. The maximum Gasteiger partial charge on any atom is 0.0914 e. The van der Waals surface area contributed by atoms with Crippen molar-refractivity contribution in [1.82, 2.24) is 10.2 Å². The number of aliphatic hydroxyl groups excluding tert-OH is 1. The zero-order valence-corrected chi connectivity index (χ0v) is 14.7. The quantitative estimate of drug-likeness (QED) is 0.850. The summed E-state index contributed by atoms with van der Waals surface area (Å²) in [4.78, 5) is 2.60. The fourth-order valence-corrected chi connectivity index (χ4v) is 4.64. The molecule has 0 aromatic heterocycles. The summed E-state index contributed by atoms with van der Waals surface area (Å²) in [5, 5.41) is 14.1. The lowest BCUT2D eigenvalue weighted by atomic mass is 9.97. The monoisotopic (exact) mass is 336 g/mol. The molecular formula is C22H28N2O. The molecule has 3 nitrogen and oxygen atoms in total. The van der Waals surface area contributed by atoms with Crippen LogP contribution in [-0.2, 0) is 6.54 Å². The van der Waals surface area contributed by atoms with Crippen LogP contribution in [0.4, 0.5) is 0 Å². The maximum absolute atomic E-state index is 10.4. The Kier molecular flexibility index (Phi) is 5.16. The van der Waals surface area contributed by atoms with E-state index in [1.54, 1.807) is 0 Å². The van der Waals surface area contributed by atoms with Gasteiger partial charge in [0, 0.05) is 32.2 Å². The molecule has 1 heterocycles. The molecule has 0 spiro atoms. The summed E-state index contributed by atoms with van der Waals surface area (Å²) in [6, 6.07) is 21.3. The SMILES string of the molecule is OC(CNC1CCC2CN(Cc3ccccc3)CC21)c1ccccc1. The highest BCUT2D eigenvalue weighted by Crippen LogP contribution is 2.38. The highest BCUT2D eigenvalue weighted by atomic mass is 16.3. The first-order chi connectivity index (χ1) is 12.3. The maximum atomic E-state index is 10.4. The Morgan fingerprint density at radius 1 is 0.960 bits per heavy atom. The van der Waals surface area contributed by atoms with Crippen molar-refractivity contribution in [3.05, 3.63) is 71.8 Å². The molecule has 1 saturated carbocycles. The van der Waals surface area contributed by atoms with Gasteiger partial charge in [0.1, 0.15) is 0 Å². The number of fused-ring (bicyclic) bond motifs is 1. The molecule has 1 saturated heterocycles. The molecule has 2 aliphatic rings. The van der Waals surface area contributed by atoms with Crippen LogP contribution in [0.15, 0.2) is 60.7 Å². The van der Waals surface area contributed by atoms with Crippen molar-refractivity contribution in [2.24, 2.45) is 11.8 Å². The number of hydrogen-bond donors (Lipinski definition) is 2. The molecule has 1 aliphatic carbocycles. The van der Waals surface area contributed by atoms with Crippen LogP contribution < -0.4 is 5.32 Å². The molecule has 4 rings (SSSR count). The highest BCUT2D eigenvalue weighted by Gasteiger charge is 2.42. The third-order valence-corrected chi connectivity index (χ3v) is 5.94. The Labute approximate surface area is 150 Å². The van der Waals surface area contributed by atoms with Gasteiger partial charge in [-0.25, -0.2) is 0 Å². The van der Waals surface area contributed by atoms with Crippen LogP contribution in [0.5, 0.6) is 0 Å². The summed E-state index contributed by atoms with van der Waals surface area (Å²) in [6.07, 6.45) is 2.15. The lowest BCUT2D eigenvalue weighted by molar-refractivity contribution is 0.164. The van der Waals surface area contributed by atoms with Crippen LogP contribution in [0.3, 0.4) is 0 Å². The van der Waals surface area contributed by atoms with Gasteiger partial charge in [-0.15, -0.1) is 0 Å². The fourth-order valence-electron chi connectivity index (χ4n) is 4.64. The minimum absolute atomic E-state index is 0.415. The number of likely N-dealkylation sites (tertiary alicyclic amines) is 1. The first-order valence-electron chi connectivity index (χ1n) is 9.52. The first-order valence-corrected chi connectivity index (χ1v) is 9.52. The number of hydrogen-bond acceptors (Lipinski definition) is 3. The molecule has 1 aliphatic heterocycles. The van der Waals surface area contributed by atoms with E-state index in [0.717, 1.165) is 23.9 Å². The Hall–Kier alpha value is -1.68. The van der Waals surface area contributed by atoms with E-state index < -0.39 is 6.10 Å². The third kappa shape index (κ3) is 3.95. The fraction of sp³-hybridized carbons (Fsp3) is 0.455. The second-order valence-corrected chi connectivity index (χ2v) is 7.62. The molecule has 0 radical (unpaired) electrons. The summed E-state index contributed by atoms with van der Waals surface area (Å²) in [5.41, 5.74) is 2.41. The Bertz CT molecular complexity index is 660. The van der Waals surface area contributed by atoms with Gasteiger partial charge in [-0.3, -0.25) is 4.90 Å². The molecule has 0 amide bonds. The molecule has 25 heavy (non-hydrogen) atoms. The molecule has 3 heteroatoms. The van der Waals surface area contributed by atoms with Gasteiger partial charge in [0.05, 0.1) is 6.10 Å². The van der Waals surface area contributed by atoms with Gasteiger partial charge < -0.3 is 10.4 Å². The molecule has 2 aromatic rings. The first kappa shape index (κ1) is 16.8. The van der Waals surface area contributed by atoms with E-state index in [4.69, 9.17) is 0 Å². The van der Waals surface area contributed by atoms with E-state index in [-0.39, 0.29) is 0 Å². The summed E-state index contributed by atoms with van der Waals surface area (Å²) in [5.74, 6) is 1.54. The second-order valence-electron chi connectivity index (χ2n) is 7.62. The van der Waals surface area contributed by atoms with Gasteiger partial charge >= 0.3 is 0 Å². The molecule has 2 aromatic carbocycles. The normalized spacial score (nSPS) is 27.3. The lowest BCUT2D eigenvalue weighted by Gasteiger charge is -2.23. The van der Waals surface area contributed by atoms with Crippen molar-refractivity contribution in [3.63, 3.8) is 0 Å². The van der Waals surface area contributed by atoms with Crippen LogP contribution in [0.25, 0.3) is 0 Å². The number of nitrogens with zero attached hydrogens (tertiary/aromatic N) is 1. The van der Waals surface area contributed by atoms with E-state index in [0.29, 0.717) is 12.6 Å². The van der Waals surface area contributed by atoms with Gasteiger partial charge in [0.25, 0.3) is 0 Å². The molecule has 2 N–H and O–H groups in total. The van der Waals surface area contributed by atoms with E-state index >= 15 is 0 Å². The van der Waals surface area contributed by atoms with Crippen molar-refractivity contribution >= 4 is 0 Å². The van der Waals surface area contributed by atoms with Crippen LogP contribution in [0.1, 0.15) is 30.1 Å². The minimum atomic E-state index is -0.415. The highest BCUT2D eigenvalue weighted by molar-refractivity contribution is 5.18. The van der Waals surface area contributed by atoms with Crippen molar-refractivity contribution in [2.45, 2.75) is 31.5 Å². The molecule has 4 atom stereocenters. The summed E-state index contributed by atoms with van der Waals surface area (Å²) >= 11 is 0. The van der Waals surface area contributed by atoms with Crippen molar-refractivity contribution in [1.29, 1.82) is 0 Å². The zero-order chi connectivity index (χ0) is 17.1. The van der Waals surface area contributed by atoms with Crippen LogP contribution in [0, 0.1) is 11.8 Å². The lowest BCUT2D eigenvalue weighted by Crippen LogP contribution is -2.38. The molecule has 4 unspecified atom stereocenters. The molecular weight excluding hydrogens is 308 g/mol. The predicted molar refractivity (Wildman–Crippen MR) is 101 cm³/mol. The number of rotatable bonds is 6. The largest absolute Gasteiger partial charge is 0.387 e. The smallest absolute Gasteiger partial charge is 0.0914 e. The number of benzene rings is 2. The Morgan fingerprint density at radius 3 is 2.44 bits per heavy atom. The van der Waals surface area contributed by atoms with Crippen molar-refractivity contribution in [2.75, 3.05) is 19.6 Å². The number of aliphatic hydroxyl groups is 1. The van der Waals surface area contributed by atoms with Gasteiger partial charge in [-0.05, 0) is 35.8 Å². The standard InChI is InChI=1S/C22H28N2O/c25-22(18-9-5-2-6-10-18)13-23-21-12-11-19-15-24(16-20(19)21)14-17-7-3-1-4-8-17/h1-10,19-23,25H,11-16H2. The van der Waals surface area contributed by atoms with Crippen LogP contribution in [0.2, 0.25) is 0 Å². The van der Waals surface area contributed by atoms with E-state index in [2.05, 4.69) is 40.5 Å². The Morgan fingerprint density at radius 2 is 1.68 bits per heavy atom. The summed E-state index contributed by atoms with van der Waals surface area (Å²) in [7, 11) is 0. The average molecular weight is 336 g/mol. The summed E-state index contributed by atoms with van der Waals surface area (Å²) in [6.45, 7) is 4.11. The van der Waals surface area contributed by atoms with Gasteiger partial charge in [0.2, 0.25) is 0 Å². The van der Waals surface area contributed by atoms with Crippen molar-refractivity contribution < 1.29 is 5.11 Å². The van der Waals surface area contributed by atoms with Gasteiger partial charge in [-0.1, -0.05) is 60.7 Å². The Balaban J connectivity index is 1.30.